The highest BCUT2D eigenvalue weighted by Gasteiger charge is 2.22. The van der Waals surface area contributed by atoms with E-state index >= 15 is 0 Å². The third-order valence-electron chi connectivity index (χ3n) is 3.62. The van der Waals surface area contributed by atoms with Crippen molar-refractivity contribution in [2.45, 2.75) is 50.8 Å². The van der Waals surface area contributed by atoms with Crippen LogP contribution in [0.2, 0.25) is 0 Å². The molecule has 0 unspecified atom stereocenters. The molecular formula is C14H22N2O. The molecule has 1 aliphatic carbocycles. The Hall–Kier alpha value is -0.930. The minimum Gasteiger partial charge on any atom is -0.381 e. The second-order valence-electron chi connectivity index (χ2n) is 4.85. The summed E-state index contributed by atoms with van der Waals surface area (Å²) in [6, 6.07) is 7.03. The molecule has 1 N–H and O–H groups in total. The molecule has 1 aromatic rings. The summed E-state index contributed by atoms with van der Waals surface area (Å²) in [4.78, 5) is 4.39. The van der Waals surface area contributed by atoms with Gasteiger partial charge in [-0.2, -0.15) is 0 Å². The molecule has 2 rings (SSSR count). The summed E-state index contributed by atoms with van der Waals surface area (Å²) >= 11 is 0. The predicted molar refractivity (Wildman–Crippen MR) is 68.8 cm³/mol. The van der Waals surface area contributed by atoms with Crippen LogP contribution in [-0.4, -0.2) is 24.2 Å². The quantitative estimate of drug-likeness (QED) is 0.869. The fourth-order valence-corrected chi connectivity index (χ4v) is 2.54. The largest absolute Gasteiger partial charge is 0.381 e. The third kappa shape index (κ3) is 3.51. The summed E-state index contributed by atoms with van der Waals surface area (Å²) in [5.74, 6) is 0. The summed E-state index contributed by atoms with van der Waals surface area (Å²) in [5.41, 5.74) is 1.13. The molecule has 3 heteroatoms. The molecule has 1 heterocycles. The number of ether oxygens (including phenoxy) is 1. The van der Waals surface area contributed by atoms with Crippen LogP contribution in [0.25, 0.3) is 0 Å². The van der Waals surface area contributed by atoms with Crippen LogP contribution in [-0.2, 0) is 4.74 Å². The van der Waals surface area contributed by atoms with Crippen LogP contribution in [0.15, 0.2) is 24.4 Å². The standard InChI is InChI=1S/C14H22N2O/c1-11(14-5-3-4-10-15-14)16-12-6-8-13(17-2)9-7-12/h3-5,10-13,16H,6-9H2,1-2H3/t11-,12?,13?/m0/s1. The van der Waals surface area contributed by atoms with Crippen LogP contribution in [0.3, 0.4) is 0 Å². The molecule has 0 aromatic carbocycles. The van der Waals surface area contributed by atoms with Gasteiger partial charge in [0.2, 0.25) is 0 Å². The van der Waals surface area contributed by atoms with E-state index < -0.39 is 0 Å². The van der Waals surface area contributed by atoms with Gasteiger partial charge >= 0.3 is 0 Å². The maximum Gasteiger partial charge on any atom is 0.0572 e. The van der Waals surface area contributed by atoms with Crippen molar-refractivity contribution in [1.29, 1.82) is 0 Å². The van der Waals surface area contributed by atoms with Crippen LogP contribution < -0.4 is 5.32 Å². The normalized spacial score (nSPS) is 26.7. The summed E-state index contributed by atoms with van der Waals surface area (Å²) in [5, 5.41) is 3.66. The van der Waals surface area contributed by atoms with Gasteiger partial charge in [-0.3, -0.25) is 4.98 Å². The lowest BCUT2D eigenvalue weighted by Gasteiger charge is -2.30. The van der Waals surface area contributed by atoms with Crippen molar-refractivity contribution < 1.29 is 4.74 Å². The van der Waals surface area contributed by atoms with Crippen molar-refractivity contribution in [3.8, 4) is 0 Å². The van der Waals surface area contributed by atoms with Gasteiger partial charge in [-0.1, -0.05) is 6.07 Å². The second-order valence-corrected chi connectivity index (χ2v) is 4.85. The lowest BCUT2D eigenvalue weighted by atomic mass is 9.92. The molecule has 0 bridgehead atoms. The molecule has 0 aliphatic heterocycles. The zero-order valence-electron chi connectivity index (χ0n) is 10.7. The van der Waals surface area contributed by atoms with E-state index in [1.54, 1.807) is 0 Å². The van der Waals surface area contributed by atoms with E-state index in [0.717, 1.165) is 5.69 Å². The third-order valence-corrected chi connectivity index (χ3v) is 3.62. The maximum atomic E-state index is 5.39. The van der Waals surface area contributed by atoms with Crippen molar-refractivity contribution in [2.24, 2.45) is 0 Å². The Labute approximate surface area is 104 Å². The van der Waals surface area contributed by atoms with Gasteiger partial charge in [0.25, 0.3) is 0 Å². The van der Waals surface area contributed by atoms with Gasteiger partial charge in [0, 0.05) is 25.4 Å². The van der Waals surface area contributed by atoms with Crippen LogP contribution in [0.4, 0.5) is 0 Å². The molecule has 3 nitrogen and oxygen atoms in total. The Morgan fingerprint density at radius 2 is 2.06 bits per heavy atom. The van der Waals surface area contributed by atoms with Crippen LogP contribution in [0.5, 0.6) is 0 Å². The molecule has 1 saturated carbocycles. The van der Waals surface area contributed by atoms with Crippen molar-refractivity contribution in [3.05, 3.63) is 30.1 Å². The fourth-order valence-electron chi connectivity index (χ4n) is 2.54. The van der Waals surface area contributed by atoms with E-state index in [4.69, 9.17) is 4.74 Å². The molecule has 1 fully saturated rings. The van der Waals surface area contributed by atoms with Crippen molar-refractivity contribution >= 4 is 0 Å². The molecule has 0 radical (unpaired) electrons. The average molecular weight is 234 g/mol. The lowest BCUT2D eigenvalue weighted by molar-refractivity contribution is 0.0613. The summed E-state index contributed by atoms with van der Waals surface area (Å²) in [7, 11) is 1.81. The molecule has 1 atom stereocenters. The summed E-state index contributed by atoms with van der Waals surface area (Å²) in [6.45, 7) is 2.19. The smallest absolute Gasteiger partial charge is 0.0572 e. The number of aromatic nitrogens is 1. The second kappa shape index (κ2) is 6.12. The number of hydrogen-bond donors (Lipinski definition) is 1. The van der Waals surface area contributed by atoms with Gasteiger partial charge in [-0.25, -0.2) is 0 Å². The highest BCUT2D eigenvalue weighted by atomic mass is 16.5. The Morgan fingerprint density at radius 3 is 2.65 bits per heavy atom. The molecule has 0 amide bonds. The number of nitrogens with one attached hydrogen (secondary N) is 1. The van der Waals surface area contributed by atoms with E-state index in [1.165, 1.54) is 25.7 Å². The summed E-state index contributed by atoms with van der Waals surface area (Å²) in [6.07, 6.45) is 7.07. The summed E-state index contributed by atoms with van der Waals surface area (Å²) < 4.78 is 5.39. The number of hydrogen-bond acceptors (Lipinski definition) is 3. The van der Waals surface area contributed by atoms with Gasteiger partial charge < -0.3 is 10.1 Å². The van der Waals surface area contributed by atoms with Gasteiger partial charge in [-0.15, -0.1) is 0 Å². The number of pyridine rings is 1. The van der Waals surface area contributed by atoms with Gasteiger partial charge in [0.1, 0.15) is 0 Å². The van der Waals surface area contributed by atoms with E-state index in [9.17, 15) is 0 Å². The zero-order valence-corrected chi connectivity index (χ0v) is 10.7. The average Bonchev–Trinajstić information content (AvgIpc) is 2.40. The monoisotopic (exact) mass is 234 g/mol. The first-order chi connectivity index (χ1) is 8.29. The molecule has 94 valence electrons. The zero-order chi connectivity index (χ0) is 12.1. The van der Waals surface area contributed by atoms with E-state index in [0.29, 0.717) is 18.2 Å². The Morgan fingerprint density at radius 1 is 1.29 bits per heavy atom. The van der Waals surface area contributed by atoms with Crippen LogP contribution in [0, 0.1) is 0 Å². The van der Waals surface area contributed by atoms with E-state index in [1.807, 2.05) is 25.4 Å². The predicted octanol–water partition coefficient (Wildman–Crippen LogP) is 2.69. The van der Waals surface area contributed by atoms with Gasteiger partial charge in [0.15, 0.2) is 0 Å². The fraction of sp³-hybridized carbons (Fsp3) is 0.643. The first kappa shape index (κ1) is 12.5. The maximum absolute atomic E-state index is 5.39. The molecule has 1 aromatic heterocycles. The highest BCUT2D eigenvalue weighted by molar-refractivity contribution is 5.07. The van der Waals surface area contributed by atoms with E-state index in [2.05, 4.69) is 23.3 Å². The minimum atomic E-state index is 0.334. The number of methoxy groups -OCH3 is 1. The van der Waals surface area contributed by atoms with Gasteiger partial charge in [-0.05, 0) is 44.7 Å². The van der Waals surface area contributed by atoms with Gasteiger partial charge in [0.05, 0.1) is 11.8 Å². The molecule has 0 saturated heterocycles. The number of nitrogens with zero attached hydrogens (tertiary/aromatic N) is 1. The SMILES string of the molecule is COC1CCC(N[C@@H](C)c2ccccn2)CC1. The van der Waals surface area contributed by atoms with Crippen molar-refractivity contribution in [1.82, 2.24) is 10.3 Å². The Kier molecular flexibility index (Phi) is 4.51. The number of rotatable bonds is 4. The first-order valence-corrected chi connectivity index (χ1v) is 6.49. The lowest BCUT2D eigenvalue weighted by Crippen LogP contribution is -2.36. The Balaban J connectivity index is 1.82. The topological polar surface area (TPSA) is 34.1 Å². The molecule has 1 aliphatic rings. The minimum absolute atomic E-state index is 0.334. The first-order valence-electron chi connectivity index (χ1n) is 6.49. The van der Waals surface area contributed by atoms with Crippen molar-refractivity contribution in [2.75, 3.05) is 7.11 Å². The van der Waals surface area contributed by atoms with Crippen LogP contribution >= 0.6 is 0 Å². The Bertz CT molecular complexity index is 320. The van der Waals surface area contributed by atoms with Crippen molar-refractivity contribution in [3.63, 3.8) is 0 Å². The van der Waals surface area contributed by atoms with E-state index in [-0.39, 0.29) is 0 Å². The molecule has 0 spiro atoms. The van der Waals surface area contributed by atoms with Crippen LogP contribution in [0.1, 0.15) is 44.3 Å². The highest BCUT2D eigenvalue weighted by Crippen LogP contribution is 2.22. The molecule has 17 heavy (non-hydrogen) atoms. The molecular weight excluding hydrogens is 212 g/mol.